The van der Waals surface area contributed by atoms with Crippen molar-refractivity contribution in [2.45, 2.75) is 25.7 Å². The molecule has 0 aromatic carbocycles. The highest BCUT2D eigenvalue weighted by atomic mass is 127. The average Bonchev–Trinajstić information content (AvgIpc) is 2.60. The van der Waals surface area contributed by atoms with Crippen LogP contribution in [0.2, 0.25) is 0 Å². The van der Waals surface area contributed by atoms with Gasteiger partial charge in [-0.3, -0.25) is 9.89 Å². The fourth-order valence-corrected chi connectivity index (χ4v) is 5.08. The minimum absolute atomic E-state index is 0. The molecule has 1 N–H and O–H groups in total. The van der Waals surface area contributed by atoms with E-state index in [1.807, 2.05) is 7.05 Å². The average molecular weight is 468 g/mol. The van der Waals surface area contributed by atoms with Crippen LogP contribution < -0.4 is 5.32 Å². The molecule has 1 spiro atoms. The molecular weight excluding hydrogens is 435 g/mol. The first-order valence-electron chi connectivity index (χ1n) is 9.15. The van der Waals surface area contributed by atoms with Crippen LogP contribution in [-0.2, 0) is 4.74 Å². The van der Waals surface area contributed by atoms with Crippen LogP contribution in [0.5, 0.6) is 0 Å². The van der Waals surface area contributed by atoms with Crippen LogP contribution in [0, 0.1) is 5.41 Å². The Hall–Kier alpha value is 0.270. The number of hydrogen-bond donors (Lipinski definition) is 1. The van der Waals surface area contributed by atoms with Gasteiger partial charge in [-0.05, 0) is 25.7 Å². The van der Waals surface area contributed by atoms with Crippen molar-refractivity contribution < 1.29 is 4.74 Å². The van der Waals surface area contributed by atoms with Gasteiger partial charge in [0.05, 0.1) is 6.61 Å². The molecule has 140 valence electrons. The molecule has 3 aliphatic heterocycles. The Labute approximate surface area is 168 Å². The van der Waals surface area contributed by atoms with Crippen molar-refractivity contribution in [3.8, 4) is 0 Å². The molecule has 0 radical (unpaired) electrons. The molecule has 0 saturated carbocycles. The number of nitrogens with zero attached hydrogens (tertiary/aromatic N) is 3. The van der Waals surface area contributed by atoms with Crippen molar-refractivity contribution in [3.63, 3.8) is 0 Å². The first-order chi connectivity index (χ1) is 11.3. The molecule has 3 rings (SSSR count). The van der Waals surface area contributed by atoms with Gasteiger partial charge in [0.1, 0.15) is 0 Å². The van der Waals surface area contributed by atoms with Crippen LogP contribution in [0.4, 0.5) is 0 Å². The summed E-state index contributed by atoms with van der Waals surface area (Å²) in [6.07, 6.45) is 5.10. The van der Waals surface area contributed by atoms with Gasteiger partial charge < -0.3 is 15.0 Å². The van der Waals surface area contributed by atoms with E-state index in [1.165, 1.54) is 50.3 Å². The standard InChI is InChI=1S/C17H32N4OS.HI/c1-18-16(19-6-8-20-9-12-23-13-10-20)21-7-2-4-17(14-21)5-3-11-22-15-17;/h2-15H2,1H3,(H,18,19);1H. The zero-order valence-electron chi connectivity index (χ0n) is 15.0. The highest BCUT2D eigenvalue weighted by Crippen LogP contribution is 2.37. The molecule has 24 heavy (non-hydrogen) atoms. The fourth-order valence-electron chi connectivity index (χ4n) is 4.10. The monoisotopic (exact) mass is 468 g/mol. The van der Waals surface area contributed by atoms with Crippen LogP contribution in [0.15, 0.2) is 4.99 Å². The van der Waals surface area contributed by atoms with Gasteiger partial charge in [0, 0.05) is 69.8 Å². The minimum Gasteiger partial charge on any atom is -0.381 e. The Balaban J connectivity index is 0.00000208. The third-order valence-corrected chi connectivity index (χ3v) is 6.33. The summed E-state index contributed by atoms with van der Waals surface area (Å²) in [5.41, 5.74) is 0.373. The van der Waals surface area contributed by atoms with Crippen LogP contribution in [0.1, 0.15) is 25.7 Å². The molecule has 3 saturated heterocycles. The number of hydrogen-bond acceptors (Lipinski definition) is 4. The van der Waals surface area contributed by atoms with E-state index in [-0.39, 0.29) is 24.0 Å². The van der Waals surface area contributed by atoms with E-state index >= 15 is 0 Å². The van der Waals surface area contributed by atoms with Crippen molar-refractivity contribution >= 4 is 41.7 Å². The summed E-state index contributed by atoms with van der Waals surface area (Å²) in [6.45, 7) is 8.70. The first kappa shape index (κ1) is 20.6. The number of likely N-dealkylation sites (tertiary alicyclic amines) is 1. The second kappa shape index (κ2) is 10.4. The molecule has 3 heterocycles. The molecule has 7 heteroatoms. The van der Waals surface area contributed by atoms with Gasteiger partial charge >= 0.3 is 0 Å². The van der Waals surface area contributed by atoms with Gasteiger partial charge in [0.25, 0.3) is 0 Å². The van der Waals surface area contributed by atoms with Gasteiger partial charge in [-0.1, -0.05) is 0 Å². The number of ether oxygens (including phenoxy) is 1. The van der Waals surface area contributed by atoms with E-state index in [4.69, 9.17) is 4.74 Å². The zero-order valence-corrected chi connectivity index (χ0v) is 18.1. The molecule has 0 aromatic heterocycles. The van der Waals surface area contributed by atoms with E-state index in [9.17, 15) is 0 Å². The summed E-state index contributed by atoms with van der Waals surface area (Å²) in [6, 6.07) is 0. The van der Waals surface area contributed by atoms with Crippen molar-refractivity contribution in [3.05, 3.63) is 0 Å². The Morgan fingerprint density at radius 2 is 2.00 bits per heavy atom. The topological polar surface area (TPSA) is 40.1 Å². The molecule has 0 aromatic rings. The Morgan fingerprint density at radius 1 is 1.21 bits per heavy atom. The SMILES string of the molecule is CN=C(NCCN1CCSCC1)N1CCCC2(CCCOC2)C1.I. The summed E-state index contributed by atoms with van der Waals surface area (Å²) >= 11 is 2.07. The maximum Gasteiger partial charge on any atom is 0.193 e. The predicted octanol–water partition coefficient (Wildman–Crippen LogP) is 2.12. The summed E-state index contributed by atoms with van der Waals surface area (Å²) < 4.78 is 5.79. The first-order valence-corrected chi connectivity index (χ1v) is 10.3. The summed E-state index contributed by atoms with van der Waals surface area (Å²) in [5, 5.41) is 3.60. The van der Waals surface area contributed by atoms with Gasteiger partial charge in [-0.15, -0.1) is 24.0 Å². The lowest BCUT2D eigenvalue weighted by molar-refractivity contribution is -0.0370. The zero-order chi connectivity index (χ0) is 16.0. The van der Waals surface area contributed by atoms with Gasteiger partial charge in [-0.25, -0.2) is 0 Å². The van der Waals surface area contributed by atoms with Crippen molar-refractivity contribution in [2.24, 2.45) is 10.4 Å². The maximum atomic E-state index is 5.79. The lowest BCUT2D eigenvalue weighted by Gasteiger charge is -2.45. The fraction of sp³-hybridized carbons (Fsp3) is 0.941. The maximum absolute atomic E-state index is 5.79. The number of guanidine groups is 1. The molecule has 3 fully saturated rings. The number of aliphatic imine (C=N–C) groups is 1. The Morgan fingerprint density at radius 3 is 2.71 bits per heavy atom. The van der Waals surface area contributed by atoms with Crippen LogP contribution in [0.25, 0.3) is 0 Å². The summed E-state index contributed by atoms with van der Waals surface area (Å²) in [5.74, 6) is 3.65. The smallest absolute Gasteiger partial charge is 0.193 e. The van der Waals surface area contributed by atoms with Crippen molar-refractivity contribution in [1.82, 2.24) is 15.1 Å². The summed E-state index contributed by atoms with van der Waals surface area (Å²) in [7, 11) is 1.92. The third-order valence-electron chi connectivity index (χ3n) is 5.39. The lowest BCUT2D eigenvalue weighted by atomic mass is 9.76. The van der Waals surface area contributed by atoms with Crippen LogP contribution in [0.3, 0.4) is 0 Å². The minimum atomic E-state index is 0. The second-order valence-corrected chi connectivity index (χ2v) is 8.33. The van der Waals surface area contributed by atoms with E-state index in [0.29, 0.717) is 5.41 Å². The Kier molecular flexibility index (Phi) is 8.94. The predicted molar refractivity (Wildman–Crippen MR) is 114 cm³/mol. The summed E-state index contributed by atoms with van der Waals surface area (Å²) in [4.78, 5) is 9.56. The number of thioether (sulfide) groups is 1. The lowest BCUT2D eigenvalue weighted by Crippen LogP contribution is -2.53. The van der Waals surface area contributed by atoms with Gasteiger partial charge in [0.2, 0.25) is 0 Å². The van der Waals surface area contributed by atoms with Gasteiger partial charge in [-0.2, -0.15) is 11.8 Å². The number of piperidine rings is 1. The van der Waals surface area contributed by atoms with Crippen molar-refractivity contribution in [2.75, 3.05) is 71.0 Å². The quantitative estimate of drug-likeness (QED) is 0.391. The molecule has 5 nitrogen and oxygen atoms in total. The molecule has 1 unspecified atom stereocenters. The molecule has 3 aliphatic rings. The van der Waals surface area contributed by atoms with E-state index in [0.717, 1.165) is 45.4 Å². The van der Waals surface area contributed by atoms with Crippen molar-refractivity contribution in [1.29, 1.82) is 0 Å². The third kappa shape index (κ3) is 5.64. The van der Waals surface area contributed by atoms with E-state index < -0.39 is 0 Å². The highest BCUT2D eigenvalue weighted by molar-refractivity contribution is 14.0. The molecule has 0 bridgehead atoms. The molecule has 0 aliphatic carbocycles. The highest BCUT2D eigenvalue weighted by Gasteiger charge is 2.38. The Bertz CT molecular complexity index is 393. The molecular formula is C17H33IN4OS. The number of nitrogens with one attached hydrogen (secondary N) is 1. The molecule has 1 atom stereocenters. The van der Waals surface area contributed by atoms with Gasteiger partial charge in [0.15, 0.2) is 5.96 Å². The van der Waals surface area contributed by atoms with E-state index in [1.54, 1.807) is 0 Å². The van der Waals surface area contributed by atoms with Crippen LogP contribution >= 0.6 is 35.7 Å². The van der Waals surface area contributed by atoms with E-state index in [2.05, 4.69) is 31.9 Å². The number of halogens is 1. The number of rotatable bonds is 3. The molecule has 0 amide bonds. The largest absolute Gasteiger partial charge is 0.381 e. The normalized spacial score (nSPS) is 29.4. The van der Waals surface area contributed by atoms with Crippen LogP contribution in [-0.4, -0.2) is 86.8 Å². The second-order valence-electron chi connectivity index (χ2n) is 7.11.